The topological polar surface area (TPSA) is 64.0 Å². The number of benzene rings is 2. The molecule has 158 valence electrons. The van der Waals surface area contributed by atoms with Gasteiger partial charge in [0.15, 0.2) is 5.16 Å². The van der Waals surface area contributed by atoms with Crippen LogP contribution in [0.15, 0.2) is 46.3 Å². The standard InChI is InChI=1S/C21H20ClF2N3O2S/c1-11(2)10-25-19(28)12(3)30-21-26-17-6-4-13(22)8-15(17)20(29)27(21)18-7-5-14(23)9-16(18)24/h4-9,11-12H,10H2,1-3H3,(H,25,28). The lowest BCUT2D eigenvalue weighted by Crippen LogP contribution is -2.34. The zero-order valence-electron chi connectivity index (χ0n) is 16.6. The fraction of sp³-hybridized carbons (Fsp3) is 0.286. The van der Waals surface area contributed by atoms with Gasteiger partial charge in [0.05, 0.1) is 21.8 Å². The molecule has 0 aliphatic carbocycles. The SMILES string of the molecule is CC(C)CNC(=O)C(C)Sc1nc2ccc(Cl)cc2c(=O)n1-c1ccc(F)cc1F. The van der Waals surface area contributed by atoms with E-state index in [-0.39, 0.29) is 28.1 Å². The summed E-state index contributed by atoms with van der Waals surface area (Å²) >= 11 is 7.03. The minimum Gasteiger partial charge on any atom is -0.355 e. The molecule has 0 bridgehead atoms. The van der Waals surface area contributed by atoms with E-state index in [2.05, 4.69) is 10.3 Å². The smallest absolute Gasteiger partial charge is 0.266 e. The van der Waals surface area contributed by atoms with Crippen molar-refractivity contribution in [1.82, 2.24) is 14.9 Å². The summed E-state index contributed by atoms with van der Waals surface area (Å²) < 4.78 is 29.0. The summed E-state index contributed by atoms with van der Waals surface area (Å²) in [6.45, 7) is 6.13. The largest absolute Gasteiger partial charge is 0.355 e. The van der Waals surface area contributed by atoms with E-state index < -0.39 is 22.4 Å². The number of halogens is 3. The Bertz CT molecular complexity index is 1170. The van der Waals surface area contributed by atoms with E-state index in [0.29, 0.717) is 23.2 Å². The number of hydrogen-bond donors (Lipinski definition) is 1. The molecule has 0 radical (unpaired) electrons. The normalized spacial score (nSPS) is 12.4. The van der Waals surface area contributed by atoms with Crippen LogP contribution in [0, 0.1) is 17.6 Å². The summed E-state index contributed by atoms with van der Waals surface area (Å²) in [5.74, 6) is -1.64. The predicted molar refractivity (Wildman–Crippen MR) is 115 cm³/mol. The van der Waals surface area contributed by atoms with Crippen LogP contribution >= 0.6 is 23.4 Å². The van der Waals surface area contributed by atoms with Gasteiger partial charge < -0.3 is 5.32 Å². The summed E-state index contributed by atoms with van der Waals surface area (Å²) in [5, 5.41) is 2.86. The molecule has 9 heteroatoms. The van der Waals surface area contributed by atoms with Gasteiger partial charge in [0.25, 0.3) is 5.56 Å². The van der Waals surface area contributed by atoms with Crippen molar-refractivity contribution < 1.29 is 13.6 Å². The molecule has 1 unspecified atom stereocenters. The van der Waals surface area contributed by atoms with Crippen molar-refractivity contribution in [2.75, 3.05) is 6.54 Å². The molecule has 0 aliphatic heterocycles. The van der Waals surface area contributed by atoms with E-state index in [9.17, 15) is 18.4 Å². The first-order valence-corrected chi connectivity index (χ1v) is 10.5. The van der Waals surface area contributed by atoms with Crippen molar-refractivity contribution >= 4 is 40.2 Å². The Kier molecular flexibility index (Phi) is 6.77. The number of nitrogens with one attached hydrogen (secondary N) is 1. The van der Waals surface area contributed by atoms with Crippen LogP contribution in [-0.2, 0) is 4.79 Å². The number of carbonyl (C=O) groups excluding carboxylic acids is 1. The molecule has 1 amide bonds. The van der Waals surface area contributed by atoms with Gasteiger partial charge >= 0.3 is 0 Å². The Morgan fingerprint density at radius 2 is 1.93 bits per heavy atom. The number of nitrogens with zero attached hydrogens (tertiary/aromatic N) is 2. The molecule has 1 heterocycles. The first kappa shape index (κ1) is 22.2. The lowest BCUT2D eigenvalue weighted by molar-refractivity contribution is -0.120. The third-order valence-electron chi connectivity index (χ3n) is 4.29. The second-order valence-corrected chi connectivity index (χ2v) is 8.94. The second kappa shape index (κ2) is 9.14. The monoisotopic (exact) mass is 451 g/mol. The van der Waals surface area contributed by atoms with Crippen molar-refractivity contribution in [3.8, 4) is 5.69 Å². The molecule has 0 fully saturated rings. The summed E-state index contributed by atoms with van der Waals surface area (Å²) in [7, 11) is 0. The van der Waals surface area contributed by atoms with Crippen LogP contribution in [0.4, 0.5) is 8.78 Å². The molecular weight excluding hydrogens is 432 g/mol. The van der Waals surface area contributed by atoms with Gasteiger partial charge in [-0.15, -0.1) is 0 Å². The zero-order chi connectivity index (χ0) is 22.0. The number of hydrogen-bond acceptors (Lipinski definition) is 4. The molecule has 1 aromatic heterocycles. The van der Waals surface area contributed by atoms with Crippen LogP contribution in [0.1, 0.15) is 20.8 Å². The molecule has 5 nitrogen and oxygen atoms in total. The second-order valence-electron chi connectivity index (χ2n) is 7.19. The first-order valence-electron chi connectivity index (χ1n) is 9.29. The maximum Gasteiger partial charge on any atom is 0.266 e. The summed E-state index contributed by atoms with van der Waals surface area (Å²) in [6, 6.07) is 7.52. The number of thioether (sulfide) groups is 1. The number of fused-ring (bicyclic) bond motifs is 1. The van der Waals surface area contributed by atoms with Gasteiger partial charge in [0.1, 0.15) is 11.6 Å². The summed E-state index contributed by atoms with van der Waals surface area (Å²) in [4.78, 5) is 30.1. The summed E-state index contributed by atoms with van der Waals surface area (Å²) in [6.07, 6.45) is 0. The van der Waals surface area contributed by atoms with Crippen LogP contribution < -0.4 is 10.9 Å². The molecular formula is C21H20ClF2N3O2S. The Morgan fingerprint density at radius 1 is 1.20 bits per heavy atom. The van der Waals surface area contributed by atoms with E-state index in [4.69, 9.17) is 11.6 Å². The number of carbonyl (C=O) groups is 1. The third kappa shape index (κ3) is 4.82. The van der Waals surface area contributed by atoms with Crippen LogP contribution in [0.2, 0.25) is 5.02 Å². The van der Waals surface area contributed by atoms with Gasteiger partial charge in [-0.05, 0) is 43.2 Å². The Labute approximate surface area is 181 Å². The average molecular weight is 452 g/mol. The van der Waals surface area contributed by atoms with Gasteiger partial charge in [-0.2, -0.15) is 0 Å². The van der Waals surface area contributed by atoms with Crippen molar-refractivity contribution in [3.05, 3.63) is 63.4 Å². The highest BCUT2D eigenvalue weighted by Gasteiger charge is 2.22. The molecule has 2 aromatic carbocycles. The van der Waals surface area contributed by atoms with E-state index in [0.717, 1.165) is 28.5 Å². The maximum atomic E-state index is 14.5. The summed E-state index contributed by atoms with van der Waals surface area (Å²) in [5.41, 5.74) is -0.362. The van der Waals surface area contributed by atoms with Crippen LogP contribution in [-0.4, -0.2) is 27.3 Å². The van der Waals surface area contributed by atoms with Crippen molar-refractivity contribution in [3.63, 3.8) is 0 Å². The average Bonchev–Trinajstić information content (AvgIpc) is 2.68. The highest BCUT2D eigenvalue weighted by atomic mass is 35.5. The minimum atomic E-state index is -0.918. The molecule has 30 heavy (non-hydrogen) atoms. The fourth-order valence-corrected chi connectivity index (χ4v) is 3.87. The van der Waals surface area contributed by atoms with Crippen LogP contribution in [0.25, 0.3) is 16.6 Å². The predicted octanol–water partition coefficient (Wildman–Crippen LogP) is 4.57. The lowest BCUT2D eigenvalue weighted by atomic mass is 10.2. The van der Waals surface area contributed by atoms with Crippen molar-refractivity contribution in [1.29, 1.82) is 0 Å². The van der Waals surface area contributed by atoms with Crippen molar-refractivity contribution in [2.24, 2.45) is 5.92 Å². The zero-order valence-corrected chi connectivity index (χ0v) is 18.2. The molecule has 0 aliphatic rings. The lowest BCUT2D eigenvalue weighted by Gasteiger charge is -2.17. The van der Waals surface area contributed by atoms with E-state index in [1.165, 1.54) is 6.07 Å². The van der Waals surface area contributed by atoms with Gasteiger partial charge in [0.2, 0.25) is 5.91 Å². The van der Waals surface area contributed by atoms with Gasteiger partial charge in [0, 0.05) is 17.6 Å². The minimum absolute atomic E-state index is 0.118. The number of rotatable bonds is 6. The van der Waals surface area contributed by atoms with Gasteiger partial charge in [-0.1, -0.05) is 37.2 Å². The van der Waals surface area contributed by atoms with E-state index in [1.54, 1.807) is 19.1 Å². The molecule has 3 rings (SSSR count). The quantitative estimate of drug-likeness (QED) is 0.440. The van der Waals surface area contributed by atoms with E-state index in [1.807, 2.05) is 13.8 Å². The fourth-order valence-electron chi connectivity index (χ4n) is 2.75. The van der Waals surface area contributed by atoms with Crippen LogP contribution in [0.3, 0.4) is 0 Å². The highest BCUT2D eigenvalue weighted by Crippen LogP contribution is 2.27. The first-order chi connectivity index (χ1) is 14.2. The van der Waals surface area contributed by atoms with E-state index >= 15 is 0 Å². The Hall–Kier alpha value is -2.45. The number of aromatic nitrogens is 2. The Morgan fingerprint density at radius 3 is 2.60 bits per heavy atom. The highest BCUT2D eigenvalue weighted by molar-refractivity contribution is 8.00. The Balaban J connectivity index is 2.13. The molecule has 0 saturated heterocycles. The van der Waals surface area contributed by atoms with Crippen molar-refractivity contribution in [2.45, 2.75) is 31.2 Å². The molecule has 0 spiro atoms. The third-order valence-corrected chi connectivity index (χ3v) is 5.57. The number of amides is 1. The molecule has 3 aromatic rings. The van der Waals surface area contributed by atoms with Gasteiger partial charge in [-0.25, -0.2) is 13.8 Å². The molecule has 1 N–H and O–H groups in total. The molecule has 1 atom stereocenters. The van der Waals surface area contributed by atoms with Crippen LogP contribution in [0.5, 0.6) is 0 Å². The van der Waals surface area contributed by atoms with Gasteiger partial charge in [-0.3, -0.25) is 14.2 Å². The maximum absolute atomic E-state index is 14.5. The molecule has 0 saturated carbocycles.